The smallest absolute Gasteiger partial charge is 0.417 e. The average molecular weight is 525 g/mol. The molecule has 1 aromatic heterocycles. The van der Waals surface area contributed by atoms with Gasteiger partial charge in [0.1, 0.15) is 24.0 Å². The first-order chi connectivity index (χ1) is 18.1. The van der Waals surface area contributed by atoms with E-state index in [4.69, 9.17) is 4.74 Å². The van der Waals surface area contributed by atoms with Crippen LogP contribution in [0.25, 0.3) is 11.1 Å². The van der Waals surface area contributed by atoms with E-state index in [1.165, 1.54) is 18.2 Å². The maximum Gasteiger partial charge on any atom is 0.417 e. The lowest BCUT2D eigenvalue weighted by Crippen LogP contribution is -2.23. The first kappa shape index (κ1) is 26.7. The van der Waals surface area contributed by atoms with Crippen LogP contribution in [0.15, 0.2) is 85.1 Å². The van der Waals surface area contributed by atoms with E-state index in [0.717, 1.165) is 35.0 Å². The van der Waals surface area contributed by atoms with Crippen LogP contribution in [0.4, 0.5) is 23.4 Å². The second-order valence-electron chi connectivity index (χ2n) is 8.54. The Morgan fingerprint density at radius 3 is 2.37 bits per heavy atom. The van der Waals surface area contributed by atoms with E-state index in [1.807, 2.05) is 48.2 Å². The second-order valence-corrected chi connectivity index (χ2v) is 8.54. The molecule has 0 aliphatic rings. The van der Waals surface area contributed by atoms with Gasteiger partial charge in [-0.25, -0.2) is 14.2 Å². The zero-order chi connectivity index (χ0) is 27.3. The van der Waals surface area contributed by atoms with Crippen LogP contribution in [0.5, 0.6) is 5.75 Å². The Bertz CT molecular complexity index is 1410. The molecule has 3 aromatic carbocycles. The molecule has 5 nitrogen and oxygen atoms in total. The first-order valence-corrected chi connectivity index (χ1v) is 11.8. The number of hydrogen-bond donors (Lipinski definition) is 1. The third-order valence-corrected chi connectivity index (χ3v) is 5.97. The summed E-state index contributed by atoms with van der Waals surface area (Å²) in [6.45, 7) is 2.91. The number of rotatable bonds is 9. The molecule has 0 aliphatic carbocycles. The van der Waals surface area contributed by atoms with Crippen LogP contribution in [0, 0.1) is 5.82 Å². The molecule has 4 rings (SSSR count). The molecule has 0 fully saturated rings. The van der Waals surface area contributed by atoms with Crippen molar-refractivity contribution in [2.75, 3.05) is 11.4 Å². The molecule has 9 heteroatoms. The van der Waals surface area contributed by atoms with Crippen LogP contribution in [0.3, 0.4) is 0 Å². The number of nitrogens with zero attached hydrogens (tertiary/aromatic N) is 2. The summed E-state index contributed by atoms with van der Waals surface area (Å²) in [6, 6.07) is 21.0. The van der Waals surface area contributed by atoms with Gasteiger partial charge in [-0.1, -0.05) is 36.4 Å². The topological polar surface area (TPSA) is 62.7 Å². The minimum Gasteiger partial charge on any atom is -0.489 e. The Morgan fingerprint density at radius 1 is 0.974 bits per heavy atom. The molecule has 0 saturated carbocycles. The van der Waals surface area contributed by atoms with Gasteiger partial charge in [-0.2, -0.15) is 13.2 Å². The molecule has 0 unspecified atom stereocenters. The van der Waals surface area contributed by atoms with Crippen LogP contribution in [-0.2, 0) is 19.3 Å². The van der Waals surface area contributed by atoms with Crippen molar-refractivity contribution >= 4 is 11.8 Å². The van der Waals surface area contributed by atoms with Crippen molar-refractivity contribution in [3.05, 3.63) is 113 Å². The number of aromatic nitrogens is 1. The fourth-order valence-electron chi connectivity index (χ4n) is 3.94. The number of pyridine rings is 1. The molecular weight excluding hydrogens is 500 g/mol. The Labute approximate surface area is 217 Å². The number of carboxylic acids is 1. The summed E-state index contributed by atoms with van der Waals surface area (Å²) in [7, 11) is 0. The lowest BCUT2D eigenvalue weighted by molar-refractivity contribution is -0.137. The van der Waals surface area contributed by atoms with Gasteiger partial charge < -0.3 is 14.7 Å². The number of halogens is 4. The van der Waals surface area contributed by atoms with Gasteiger partial charge in [-0.3, -0.25) is 0 Å². The van der Waals surface area contributed by atoms with Gasteiger partial charge in [-0.05, 0) is 66.1 Å². The molecule has 0 saturated heterocycles. The first-order valence-electron chi connectivity index (χ1n) is 11.8. The van der Waals surface area contributed by atoms with Gasteiger partial charge in [0, 0.05) is 24.8 Å². The van der Waals surface area contributed by atoms with Gasteiger partial charge in [0.15, 0.2) is 0 Å². The number of carboxylic acid groups (broad SMARTS) is 1. The van der Waals surface area contributed by atoms with E-state index >= 15 is 0 Å². The number of alkyl halides is 3. The van der Waals surface area contributed by atoms with E-state index in [0.29, 0.717) is 30.2 Å². The van der Waals surface area contributed by atoms with Crippen molar-refractivity contribution in [1.29, 1.82) is 0 Å². The molecule has 0 radical (unpaired) electrons. The highest BCUT2D eigenvalue weighted by molar-refractivity contribution is 5.89. The summed E-state index contributed by atoms with van der Waals surface area (Å²) in [4.78, 5) is 17.2. The Morgan fingerprint density at radius 2 is 1.74 bits per heavy atom. The Balaban J connectivity index is 1.44. The third kappa shape index (κ3) is 6.47. The molecule has 0 spiro atoms. The van der Waals surface area contributed by atoms with Crippen LogP contribution in [0.2, 0.25) is 0 Å². The second kappa shape index (κ2) is 11.3. The number of ether oxygens (including phenoxy) is 1. The lowest BCUT2D eigenvalue weighted by atomic mass is 10.0. The molecule has 196 valence electrons. The van der Waals surface area contributed by atoms with Crippen molar-refractivity contribution < 1.29 is 32.2 Å². The maximum atomic E-state index is 13.4. The van der Waals surface area contributed by atoms with E-state index in [9.17, 15) is 27.5 Å². The van der Waals surface area contributed by atoms with Gasteiger partial charge >= 0.3 is 12.1 Å². The Hall–Kier alpha value is -4.40. The van der Waals surface area contributed by atoms with Crippen LogP contribution in [-0.4, -0.2) is 22.6 Å². The van der Waals surface area contributed by atoms with Crippen LogP contribution >= 0.6 is 0 Å². The predicted molar refractivity (Wildman–Crippen MR) is 136 cm³/mol. The van der Waals surface area contributed by atoms with E-state index in [2.05, 4.69) is 4.98 Å². The molecule has 0 aliphatic heterocycles. The lowest BCUT2D eigenvalue weighted by Gasteiger charge is -2.22. The number of aromatic carboxylic acids is 1. The van der Waals surface area contributed by atoms with Gasteiger partial charge in [-0.15, -0.1) is 0 Å². The largest absolute Gasteiger partial charge is 0.489 e. The van der Waals surface area contributed by atoms with Crippen molar-refractivity contribution in [3.63, 3.8) is 0 Å². The summed E-state index contributed by atoms with van der Waals surface area (Å²) in [5.41, 5.74) is 2.25. The molecule has 38 heavy (non-hydrogen) atoms. The normalized spacial score (nSPS) is 11.3. The van der Waals surface area contributed by atoms with Crippen LogP contribution in [0.1, 0.15) is 34.0 Å². The standard InChI is InChI=1S/C29H24F4N2O3/c1-2-35(27-13-9-23(16-34-27)29(31,32)33)17-19-4-3-5-21(14-19)20-7-11-25(12-8-20)38-18-22-6-10-24(30)15-26(22)28(36)37/h3-16H,2,17-18H2,1H3,(H,36,37). The van der Waals surface area contributed by atoms with Crippen molar-refractivity contribution in [3.8, 4) is 16.9 Å². The minimum atomic E-state index is -4.43. The summed E-state index contributed by atoms with van der Waals surface area (Å²) in [6.07, 6.45) is -3.59. The van der Waals surface area contributed by atoms with Crippen molar-refractivity contribution in [2.45, 2.75) is 26.3 Å². The molecular formula is C29H24F4N2O3. The van der Waals surface area contributed by atoms with E-state index < -0.39 is 23.5 Å². The van der Waals surface area contributed by atoms with E-state index in [-0.39, 0.29) is 12.2 Å². The van der Waals surface area contributed by atoms with E-state index in [1.54, 1.807) is 12.1 Å². The van der Waals surface area contributed by atoms with Crippen molar-refractivity contribution in [1.82, 2.24) is 4.98 Å². The van der Waals surface area contributed by atoms with Gasteiger partial charge in [0.05, 0.1) is 11.1 Å². The summed E-state index contributed by atoms with van der Waals surface area (Å²) in [5.74, 6) is -0.875. The molecule has 0 amide bonds. The Kier molecular flexibility index (Phi) is 7.95. The fraction of sp³-hybridized carbons (Fsp3) is 0.172. The van der Waals surface area contributed by atoms with Crippen LogP contribution < -0.4 is 9.64 Å². The summed E-state index contributed by atoms with van der Waals surface area (Å²) < 4.78 is 57.7. The highest BCUT2D eigenvalue weighted by Crippen LogP contribution is 2.30. The zero-order valence-corrected chi connectivity index (χ0v) is 20.4. The highest BCUT2D eigenvalue weighted by atomic mass is 19.4. The number of carbonyl (C=O) groups is 1. The quantitative estimate of drug-likeness (QED) is 0.235. The molecule has 1 heterocycles. The third-order valence-electron chi connectivity index (χ3n) is 5.97. The molecule has 0 bridgehead atoms. The summed E-state index contributed by atoms with van der Waals surface area (Å²) >= 11 is 0. The summed E-state index contributed by atoms with van der Waals surface area (Å²) in [5, 5.41) is 9.28. The molecule has 1 N–H and O–H groups in total. The SMILES string of the molecule is CCN(Cc1cccc(-c2ccc(OCc3ccc(F)cc3C(=O)O)cc2)c1)c1ccc(C(F)(F)F)cn1. The number of benzene rings is 3. The number of anilines is 1. The number of hydrogen-bond acceptors (Lipinski definition) is 4. The maximum absolute atomic E-state index is 13.4. The van der Waals surface area contributed by atoms with Gasteiger partial charge in [0.25, 0.3) is 0 Å². The molecule has 4 aromatic rings. The molecule has 0 atom stereocenters. The zero-order valence-electron chi connectivity index (χ0n) is 20.4. The van der Waals surface area contributed by atoms with Crippen molar-refractivity contribution in [2.24, 2.45) is 0 Å². The highest BCUT2D eigenvalue weighted by Gasteiger charge is 2.30. The predicted octanol–water partition coefficient (Wildman–Crippen LogP) is 7.21. The monoisotopic (exact) mass is 524 g/mol. The average Bonchev–Trinajstić information content (AvgIpc) is 2.91. The minimum absolute atomic E-state index is 0.0262. The van der Waals surface area contributed by atoms with Gasteiger partial charge in [0.2, 0.25) is 0 Å². The fourth-order valence-corrected chi connectivity index (χ4v) is 3.94.